The molecule has 2 aromatic heterocycles. The summed E-state index contributed by atoms with van der Waals surface area (Å²) < 4.78 is 7.99. The summed E-state index contributed by atoms with van der Waals surface area (Å²) in [4.78, 5) is 18.4. The second kappa shape index (κ2) is 8.97. The fourth-order valence-electron chi connectivity index (χ4n) is 3.78. The zero-order valence-electron chi connectivity index (χ0n) is 16.4. The molecule has 2 atom stereocenters. The van der Waals surface area contributed by atoms with E-state index in [1.807, 2.05) is 42.6 Å². The van der Waals surface area contributed by atoms with Gasteiger partial charge in [0, 0.05) is 34.8 Å². The quantitative estimate of drug-likeness (QED) is 0.418. The fraction of sp³-hybridized carbons (Fsp3) is 0.227. The van der Waals surface area contributed by atoms with E-state index in [1.165, 1.54) is 7.11 Å². The van der Waals surface area contributed by atoms with Gasteiger partial charge in [0.25, 0.3) is 0 Å². The largest absolute Gasteiger partial charge is 0.469 e. The lowest BCUT2D eigenvalue weighted by Gasteiger charge is -2.28. The predicted octanol–water partition coefficient (Wildman–Crippen LogP) is 4.17. The van der Waals surface area contributed by atoms with Crippen molar-refractivity contribution in [3.8, 4) is 5.69 Å². The van der Waals surface area contributed by atoms with Crippen molar-refractivity contribution in [1.29, 1.82) is 0 Å². The third-order valence-corrected chi connectivity index (χ3v) is 6.00. The Hall–Kier alpha value is -2.71. The van der Waals surface area contributed by atoms with E-state index in [-0.39, 0.29) is 24.5 Å². The third-order valence-electron chi connectivity index (χ3n) is 5.15. The molecule has 0 amide bonds. The number of rotatable bonds is 6. The highest BCUT2D eigenvalue weighted by Crippen LogP contribution is 2.39. The zero-order valence-corrected chi connectivity index (χ0v) is 18.8. The van der Waals surface area contributed by atoms with Crippen molar-refractivity contribution in [2.75, 3.05) is 13.7 Å². The lowest BCUT2D eigenvalue weighted by Crippen LogP contribution is -2.32. The SMILES string of the molecule is COC(=O)CCN1C(=S)NC(c2ccccn2)C1c1cccn1-c1cccc(Br)c1. The molecule has 1 N–H and O–H groups in total. The number of carbonyl (C=O) groups excluding carboxylic acids is 1. The highest BCUT2D eigenvalue weighted by molar-refractivity contribution is 9.10. The van der Waals surface area contributed by atoms with E-state index in [0.717, 1.165) is 21.5 Å². The van der Waals surface area contributed by atoms with E-state index in [9.17, 15) is 4.79 Å². The van der Waals surface area contributed by atoms with E-state index >= 15 is 0 Å². The number of esters is 1. The minimum atomic E-state index is -0.264. The maximum atomic E-state index is 11.8. The molecule has 0 saturated carbocycles. The molecule has 0 spiro atoms. The number of hydrogen-bond acceptors (Lipinski definition) is 4. The van der Waals surface area contributed by atoms with Crippen LogP contribution in [-0.4, -0.2) is 39.2 Å². The number of benzene rings is 1. The van der Waals surface area contributed by atoms with E-state index < -0.39 is 0 Å². The molecule has 1 aliphatic heterocycles. The van der Waals surface area contributed by atoms with Gasteiger partial charge < -0.3 is 19.5 Å². The number of nitrogens with zero attached hydrogens (tertiary/aromatic N) is 3. The van der Waals surface area contributed by atoms with Crippen LogP contribution in [0.15, 0.2) is 71.5 Å². The number of nitrogens with one attached hydrogen (secondary N) is 1. The molecule has 3 heterocycles. The Morgan fingerprint density at radius 3 is 2.83 bits per heavy atom. The lowest BCUT2D eigenvalue weighted by atomic mass is 10.0. The van der Waals surface area contributed by atoms with E-state index in [0.29, 0.717) is 11.7 Å². The first-order valence-corrected chi connectivity index (χ1v) is 10.8. The summed E-state index contributed by atoms with van der Waals surface area (Å²) in [6.07, 6.45) is 4.06. The molecule has 4 rings (SSSR count). The monoisotopic (exact) mass is 484 g/mol. The Labute approximate surface area is 189 Å². The molecule has 6 nitrogen and oxygen atoms in total. The van der Waals surface area contributed by atoms with Gasteiger partial charge >= 0.3 is 5.97 Å². The molecule has 0 bridgehead atoms. The number of halogens is 1. The summed E-state index contributed by atoms with van der Waals surface area (Å²) >= 11 is 9.21. The molecule has 1 aliphatic rings. The molecule has 1 aromatic carbocycles. The third kappa shape index (κ3) is 4.11. The van der Waals surface area contributed by atoms with Crippen LogP contribution < -0.4 is 5.32 Å². The highest BCUT2D eigenvalue weighted by atomic mass is 79.9. The number of methoxy groups -OCH3 is 1. The number of hydrogen-bond donors (Lipinski definition) is 1. The summed E-state index contributed by atoms with van der Waals surface area (Å²) in [6, 6.07) is 17.8. The van der Waals surface area contributed by atoms with Crippen LogP contribution >= 0.6 is 28.1 Å². The summed E-state index contributed by atoms with van der Waals surface area (Å²) in [5.41, 5.74) is 2.99. The summed E-state index contributed by atoms with van der Waals surface area (Å²) in [7, 11) is 1.40. The second-order valence-corrected chi connectivity index (χ2v) is 8.23. The van der Waals surface area contributed by atoms with E-state index in [2.05, 4.69) is 53.9 Å². The number of aromatic nitrogens is 2. The molecule has 1 saturated heterocycles. The Morgan fingerprint density at radius 1 is 1.23 bits per heavy atom. The molecule has 8 heteroatoms. The molecule has 0 radical (unpaired) electrons. The van der Waals surface area contributed by atoms with Crippen molar-refractivity contribution >= 4 is 39.2 Å². The highest BCUT2D eigenvalue weighted by Gasteiger charge is 2.41. The van der Waals surface area contributed by atoms with Crippen LogP contribution in [0.1, 0.15) is 29.9 Å². The molecule has 2 unspecified atom stereocenters. The number of ether oxygens (including phenoxy) is 1. The van der Waals surface area contributed by atoms with Crippen LogP contribution in [0.3, 0.4) is 0 Å². The van der Waals surface area contributed by atoms with Crippen molar-refractivity contribution < 1.29 is 9.53 Å². The zero-order chi connectivity index (χ0) is 21.1. The van der Waals surface area contributed by atoms with Crippen LogP contribution in [0.2, 0.25) is 0 Å². The van der Waals surface area contributed by atoms with Crippen LogP contribution in [-0.2, 0) is 9.53 Å². The van der Waals surface area contributed by atoms with E-state index in [1.54, 1.807) is 6.20 Å². The lowest BCUT2D eigenvalue weighted by molar-refractivity contribution is -0.140. The van der Waals surface area contributed by atoms with Gasteiger partial charge in [-0.2, -0.15) is 0 Å². The van der Waals surface area contributed by atoms with Crippen molar-refractivity contribution in [3.05, 3.63) is 82.9 Å². The first-order chi connectivity index (χ1) is 14.6. The van der Waals surface area contributed by atoms with Gasteiger partial charge in [0.1, 0.15) is 0 Å². The molecular formula is C22H21BrN4O2S. The summed E-state index contributed by atoms with van der Waals surface area (Å²) in [5, 5.41) is 4.01. The Balaban J connectivity index is 1.76. The molecule has 3 aromatic rings. The number of carbonyl (C=O) groups is 1. The minimum absolute atomic E-state index is 0.133. The topological polar surface area (TPSA) is 59.4 Å². The van der Waals surface area contributed by atoms with Crippen molar-refractivity contribution in [2.45, 2.75) is 18.5 Å². The summed E-state index contributed by atoms with van der Waals surface area (Å²) in [5.74, 6) is -0.264. The van der Waals surface area contributed by atoms with E-state index in [4.69, 9.17) is 17.0 Å². The Bertz CT molecular complexity index is 1060. The number of pyridine rings is 1. The Morgan fingerprint density at radius 2 is 2.10 bits per heavy atom. The first-order valence-electron chi connectivity index (χ1n) is 9.56. The maximum Gasteiger partial charge on any atom is 0.307 e. The first kappa shape index (κ1) is 20.6. The standard InChI is InChI=1S/C22H21BrN4O2S/c1-29-19(28)10-13-27-21(20(25-22(27)30)17-8-2-3-11-24-17)18-9-5-12-26(18)16-7-4-6-15(23)14-16/h2-9,11-12,14,20-21H,10,13H2,1H3,(H,25,30). The van der Waals surface area contributed by atoms with Gasteiger partial charge in [-0.3, -0.25) is 9.78 Å². The van der Waals surface area contributed by atoms with Gasteiger partial charge in [0.2, 0.25) is 0 Å². The van der Waals surface area contributed by atoms with Crippen LogP contribution in [0.25, 0.3) is 5.69 Å². The van der Waals surface area contributed by atoms with Gasteiger partial charge in [-0.25, -0.2) is 0 Å². The van der Waals surface area contributed by atoms with Crippen molar-refractivity contribution in [2.24, 2.45) is 0 Å². The van der Waals surface area contributed by atoms with Crippen LogP contribution in [0, 0.1) is 0 Å². The molecular weight excluding hydrogens is 464 g/mol. The van der Waals surface area contributed by atoms with Gasteiger partial charge in [-0.05, 0) is 54.7 Å². The van der Waals surface area contributed by atoms with Crippen molar-refractivity contribution in [3.63, 3.8) is 0 Å². The predicted molar refractivity (Wildman–Crippen MR) is 122 cm³/mol. The van der Waals surface area contributed by atoms with Gasteiger partial charge in [0.15, 0.2) is 5.11 Å². The molecule has 1 fully saturated rings. The van der Waals surface area contributed by atoms with Gasteiger partial charge in [-0.15, -0.1) is 0 Å². The molecule has 154 valence electrons. The normalized spacial score (nSPS) is 18.3. The summed E-state index contributed by atoms with van der Waals surface area (Å²) in [6.45, 7) is 0.455. The average Bonchev–Trinajstić information content (AvgIpc) is 3.36. The molecule has 30 heavy (non-hydrogen) atoms. The van der Waals surface area contributed by atoms with Crippen molar-refractivity contribution in [1.82, 2.24) is 19.8 Å². The smallest absolute Gasteiger partial charge is 0.307 e. The van der Waals surface area contributed by atoms with Crippen LogP contribution in [0.5, 0.6) is 0 Å². The van der Waals surface area contributed by atoms with Gasteiger partial charge in [0.05, 0.1) is 31.3 Å². The number of thiocarbonyl (C=S) groups is 1. The minimum Gasteiger partial charge on any atom is -0.469 e. The molecule has 0 aliphatic carbocycles. The van der Waals surface area contributed by atoms with Crippen LogP contribution in [0.4, 0.5) is 0 Å². The average molecular weight is 485 g/mol. The Kier molecular flexibility index (Phi) is 6.15. The maximum absolute atomic E-state index is 11.8. The second-order valence-electron chi connectivity index (χ2n) is 6.93. The van der Waals surface area contributed by atoms with Gasteiger partial charge in [-0.1, -0.05) is 28.1 Å². The fourth-order valence-corrected chi connectivity index (χ4v) is 4.50.